The Hall–Kier alpha value is -0.830. The molecule has 0 bridgehead atoms. The van der Waals surface area contributed by atoms with Gasteiger partial charge in [0.15, 0.2) is 0 Å². The third-order valence-electron chi connectivity index (χ3n) is 2.34. The van der Waals surface area contributed by atoms with Crippen LogP contribution in [-0.4, -0.2) is 36.5 Å². The maximum absolute atomic E-state index is 11.0. The summed E-state index contributed by atoms with van der Waals surface area (Å²) in [5.74, 6) is -0.0525. The van der Waals surface area contributed by atoms with Gasteiger partial charge in [0.2, 0.25) is 5.91 Å². The SMILES string of the molecule is C=CC(=O)NC1CCN(CCC)C1. The molecule has 74 valence electrons. The predicted molar refractivity (Wildman–Crippen MR) is 53.5 cm³/mol. The fourth-order valence-electron chi connectivity index (χ4n) is 1.73. The molecule has 1 saturated heterocycles. The molecule has 0 aromatic heterocycles. The monoisotopic (exact) mass is 182 g/mol. The topological polar surface area (TPSA) is 32.3 Å². The molecule has 1 aliphatic rings. The Morgan fingerprint density at radius 3 is 3.15 bits per heavy atom. The van der Waals surface area contributed by atoms with Crippen molar-refractivity contribution < 1.29 is 4.79 Å². The van der Waals surface area contributed by atoms with E-state index in [1.807, 2.05) is 0 Å². The van der Waals surface area contributed by atoms with Gasteiger partial charge in [-0.25, -0.2) is 0 Å². The zero-order valence-electron chi connectivity index (χ0n) is 8.25. The van der Waals surface area contributed by atoms with E-state index in [1.54, 1.807) is 0 Å². The molecule has 1 aliphatic heterocycles. The van der Waals surface area contributed by atoms with Crippen molar-refractivity contribution in [2.75, 3.05) is 19.6 Å². The van der Waals surface area contributed by atoms with Crippen LogP contribution in [0.25, 0.3) is 0 Å². The molecule has 1 rings (SSSR count). The molecule has 1 atom stereocenters. The molecule has 0 aromatic rings. The minimum atomic E-state index is -0.0525. The lowest BCUT2D eigenvalue weighted by Crippen LogP contribution is -2.36. The number of carbonyl (C=O) groups excluding carboxylic acids is 1. The molecule has 1 fully saturated rings. The van der Waals surface area contributed by atoms with Crippen molar-refractivity contribution in [3.63, 3.8) is 0 Å². The Morgan fingerprint density at radius 1 is 1.77 bits per heavy atom. The van der Waals surface area contributed by atoms with Crippen molar-refractivity contribution in [2.24, 2.45) is 0 Å². The molecule has 3 nitrogen and oxygen atoms in total. The van der Waals surface area contributed by atoms with Crippen molar-refractivity contribution in [1.82, 2.24) is 10.2 Å². The van der Waals surface area contributed by atoms with Crippen molar-refractivity contribution in [2.45, 2.75) is 25.8 Å². The van der Waals surface area contributed by atoms with Crippen LogP contribution in [0.5, 0.6) is 0 Å². The normalized spacial score (nSPS) is 23.0. The molecule has 3 heteroatoms. The van der Waals surface area contributed by atoms with E-state index in [9.17, 15) is 4.79 Å². The average molecular weight is 182 g/mol. The third kappa shape index (κ3) is 3.19. The molecule has 0 aromatic carbocycles. The summed E-state index contributed by atoms with van der Waals surface area (Å²) in [5.41, 5.74) is 0. The van der Waals surface area contributed by atoms with Gasteiger partial charge in [0.1, 0.15) is 0 Å². The highest BCUT2D eigenvalue weighted by atomic mass is 16.1. The second-order valence-electron chi connectivity index (χ2n) is 3.50. The first-order chi connectivity index (χ1) is 6.26. The summed E-state index contributed by atoms with van der Waals surface area (Å²) in [5, 5.41) is 2.92. The maximum atomic E-state index is 11.0. The second kappa shape index (κ2) is 5.02. The van der Waals surface area contributed by atoms with Crippen LogP contribution in [0.3, 0.4) is 0 Å². The van der Waals surface area contributed by atoms with Gasteiger partial charge in [0, 0.05) is 19.1 Å². The van der Waals surface area contributed by atoms with Gasteiger partial charge in [-0.05, 0) is 25.5 Å². The summed E-state index contributed by atoms with van der Waals surface area (Å²) in [6.45, 7) is 8.85. The van der Waals surface area contributed by atoms with Crippen LogP contribution in [-0.2, 0) is 4.79 Å². The highest BCUT2D eigenvalue weighted by molar-refractivity contribution is 5.87. The zero-order valence-corrected chi connectivity index (χ0v) is 8.25. The van der Waals surface area contributed by atoms with Crippen LogP contribution in [0.1, 0.15) is 19.8 Å². The summed E-state index contributed by atoms with van der Waals surface area (Å²) < 4.78 is 0. The minimum absolute atomic E-state index is 0.0525. The molecule has 0 saturated carbocycles. The average Bonchev–Trinajstić information content (AvgIpc) is 2.53. The van der Waals surface area contributed by atoms with Crippen LogP contribution in [0.2, 0.25) is 0 Å². The Morgan fingerprint density at radius 2 is 2.54 bits per heavy atom. The maximum Gasteiger partial charge on any atom is 0.243 e. The standard InChI is InChI=1S/C10H18N2O/c1-3-6-12-7-5-9(8-12)11-10(13)4-2/h4,9H,2-3,5-8H2,1H3,(H,11,13). The van der Waals surface area contributed by atoms with Gasteiger partial charge in [0.05, 0.1) is 0 Å². The summed E-state index contributed by atoms with van der Waals surface area (Å²) in [4.78, 5) is 13.4. The number of hydrogen-bond acceptors (Lipinski definition) is 2. The van der Waals surface area contributed by atoms with Crippen LogP contribution in [0.15, 0.2) is 12.7 Å². The Bertz CT molecular complexity index is 191. The summed E-state index contributed by atoms with van der Waals surface area (Å²) in [7, 11) is 0. The van der Waals surface area contributed by atoms with Crippen LogP contribution in [0.4, 0.5) is 0 Å². The van der Waals surface area contributed by atoms with Crippen LogP contribution < -0.4 is 5.32 Å². The molecule has 0 spiro atoms. The van der Waals surface area contributed by atoms with E-state index in [2.05, 4.69) is 23.7 Å². The Kier molecular flexibility index (Phi) is 3.96. The Labute approximate surface area is 79.8 Å². The lowest BCUT2D eigenvalue weighted by atomic mass is 10.2. The fourth-order valence-corrected chi connectivity index (χ4v) is 1.73. The van der Waals surface area contributed by atoms with E-state index in [0.717, 1.165) is 26.1 Å². The van der Waals surface area contributed by atoms with Crippen molar-refractivity contribution in [3.05, 3.63) is 12.7 Å². The van der Waals surface area contributed by atoms with E-state index in [4.69, 9.17) is 0 Å². The van der Waals surface area contributed by atoms with E-state index < -0.39 is 0 Å². The molecule has 13 heavy (non-hydrogen) atoms. The van der Waals surface area contributed by atoms with E-state index >= 15 is 0 Å². The van der Waals surface area contributed by atoms with Gasteiger partial charge < -0.3 is 10.2 Å². The molecule has 1 unspecified atom stereocenters. The molecular weight excluding hydrogens is 164 g/mol. The third-order valence-corrected chi connectivity index (χ3v) is 2.34. The molecule has 1 heterocycles. The summed E-state index contributed by atoms with van der Waals surface area (Å²) in [6, 6.07) is 0.331. The number of amides is 1. The van der Waals surface area contributed by atoms with Gasteiger partial charge in [-0.3, -0.25) is 4.79 Å². The summed E-state index contributed by atoms with van der Waals surface area (Å²) >= 11 is 0. The molecule has 0 radical (unpaired) electrons. The van der Waals surface area contributed by atoms with Crippen molar-refractivity contribution in [3.8, 4) is 0 Å². The predicted octanol–water partition coefficient (Wildman–Crippen LogP) is 0.773. The van der Waals surface area contributed by atoms with Gasteiger partial charge in [-0.1, -0.05) is 13.5 Å². The van der Waals surface area contributed by atoms with E-state index in [0.29, 0.717) is 6.04 Å². The number of nitrogens with one attached hydrogen (secondary N) is 1. The highest BCUT2D eigenvalue weighted by Gasteiger charge is 2.21. The first-order valence-corrected chi connectivity index (χ1v) is 4.91. The molecule has 1 N–H and O–H groups in total. The second-order valence-corrected chi connectivity index (χ2v) is 3.50. The largest absolute Gasteiger partial charge is 0.349 e. The fraction of sp³-hybridized carbons (Fsp3) is 0.700. The lowest BCUT2D eigenvalue weighted by Gasteiger charge is -2.14. The quantitative estimate of drug-likeness (QED) is 0.651. The number of rotatable bonds is 4. The smallest absolute Gasteiger partial charge is 0.243 e. The highest BCUT2D eigenvalue weighted by Crippen LogP contribution is 2.08. The number of carbonyl (C=O) groups is 1. The first-order valence-electron chi connectivity index (χ1n) is 4.91. The first kappa shape index (κ1) is 10.3. The number of hydrogen-bond donors (Lipinski definition) is 1. The lowest BCUT2D eigenvalue weighted by molar-refractivity contribution is -0.117. The molecular formula is C10H18N2O. The van der Waals surface area contributed by atoms with Crippen LogP contribution >= 0.6 is 0 Å². The zero-order chi connectivity index (χ0) is 9.68. The van der Waals surface area contributed by atoms with Gasteiger partial charge in [-0.2, -0.15) is 0 Å². The van der Waals surface area contributed by atoms with E-state index in [-0.39, 0.29) is 5.91 Å². The van der Waals surface area contributed by atoms with Gasteiger partial charge in [-0.15, -0.1) is 0 Å². The summed E-state index contributed by atoms with van der Waals surface area (Å²) in [6.07, 6.45) is 3.59. The molecule has 1 amide bonds. The Balaban J connectivity index is 2.24. The van der Waals surface area contributed by atoms with Crippen LogP contribution in [0, 0.1) is 0 Å². The number of likely N-dealkylation sites (tertiary alicyclic amines) is 1. The number of nitrogens with zero attached hydrogens (tertiary/aromatic N) is 1. The van der Waals surface area contributed by atoms with Crippen molar-refractivity contribution in [1.29, 1.82) is 0 Å². The van der Waals surface area contributed by atoms with Gasteiger partial charge >= 0.3 is 0 Å². The minimum Gasteiger partial charge on any atom is -0.349 e. The molecule has 0 aliphatic carbocycles. The van der Waals surface area contributed by atoms with Crippen molar-refractivity contribution >= 4 is 5.91 Å². The van der Waals surface area contributed by atoms with E-state index in [1.165, 1.54) is 12.5 Å². The van der Waals surface area contributed by atoms with Gasteiger partial charge in [0.25, 0.3) is 0 Å².